The molecule has 0 aliphatic heterocycles. The Bertz CT molecular complexity index is 874. The average molecular weight is 382 g/mol. The fraction of sp³-hybridized carbons (Fsp3) is 0.312. The van der Waals surface area contributed by atoms with E-state index in [-0.39, 0.29) is 18.0 Å². The van der Waals surface area contributed by atoms with E-state index in [1.54, 1.807) is 31.2 Å². The first kappa shape index (κ1) is 19.1. The van der Waals surface area contributed by atoms with E-state index in [0.29, 0.717) is 11.4 Å². The summed E-state index contributed by atoms with van der Waals surface area (Å²) in [6, 6.07) is 7.13. The smallest absolute Gasteiger partial charge is 0.355 e. The van der Waals surface area contributed by atoms with Crippen LogP contribution in [0, 0.1) is 0 Å². The molecule has 0 saturated heterocycles. The standard InChI is InChI=1S/C16H18N2O5S2/c1-2-6-25(22,23)10-14(19)17-8-11-4-3-5-12(7-11)15-18-13(9-24-15)16(20)21/h3-5,7,9H,2,6,8,10H2,1H3,(H,17,19)(H,20,21). The van der Waals surface area contributed by atoms with Crippen LogP contribution < -0.4 is 5.32 Å². The number of benzene rings is 1. The normalized spacial score (nSPS) is 11.2. The van der Waals surface area contributed by atoms with Gasteiger partial charge < -0.3 is 10.4 Å². The lowest BCUT2D eigenvalue weighted by molar-refractivity contribution is -0.118. The molecule has 1 heterocycles. The molecule has 1 aromatic carbocycles. The van der Waals surface area contributed by atoms with Crippen molar-refractivity contribution in [2.24, 2.45) is 0 Å². The quantitative estimate of drug-likeness (QED) is 0.721. The molecule has 0 atom stereocenters. The number of hydrogen-bond acceptors (Lipinski definition) is 6. The number of carboxylic acid groups (broad SMARTS) is 1. The Hall–Kier alpha value is -2.26. The van der Waals surface area contributed by atoms with E-state index >= 15 is 0 Å². The zero-order valence-electron chi connectivity index (χ0n) is 13.6. The van der Waals surface area contributed by atoms with Gasteiger partial charge in [-0.2, -0.15) is 0 Å². The third-order valence-corrected chi connectivity index (χ3v) is 5.88. The second-order valence-corrected chi connectivity index (χ2v) is 8.45. The van der Waals surface area contributed by atoms with Gasteiger partial charge in [0.1, 0.15) is 10.8 Å². The van der Waals surface area contributed by atoms with E-state index in [9.17, 15) is 18.0 Å². The minimum atomic E-state index is -3.37. The molecule has 25 heavy (non-hydrogen) atoms. The van der Waals surface area contributed by atoms with Gasteiger partial charge in [-0.3, -0.25) is 4.79 Å². The highest BCUT2D eigenvalue weighted by Gasteiger charge is 2.15. The molecule has 0 aliphatic carbocycles. The topological polar surface area (TPSA) is 113 Å². The Morgan fingerprint density at radius 2 is 2.08 bits per heavy atom. The van der Waals surface area contributed by atoms with Gasteiger partial charge in [0.2, 0.25) is 5.91 Å². The van der Waals surface area contributed by atoms with E-state index < -0.39 is 27.5 Å². The number of carbonyl (C=O) groups is 2. The van der Waals surface area contributed by atoms with Crippen molar-refractivity contribution in [3.8, 4) is 10.6 Å². The molecule has 0 saturated carbocycles. The van der Waals surface area contributed by atoms with Crippen LogP contribution in [-0.4, -0.2) is 41.9 Å². The number of nitrogens with one attached hydrogen (secondary N) is 1. The van der Waals surface area contributed by atoms with E-state index in [4.69, 9.17) is 5.11 Å². The monoisotopic (exact) mass is 382 g/mol. The van der Waals surface area contributed by atoms with Crippen LogP contribution >= 0.6 is 11.3 Å². The molecule has 0 spiro atoms. The molecule has 7 nitrogen and oxygen atoms in total. The van der Waals surface area contributed by atoms with Gasteiger partial charge >= 0.3 is 5.97 Å². The van der Waals surface area contributed by atoms with Crippen LogP contribution in [0.4, 0.5) is 0 Å². The number of sulfone groups is 1. The molecule has 134 valence electrons. The Morgan fingerprint density at radius 1 is 1.32 bits per heavy atom. The summed E-state index contributed by atoms with van der Waals surface area (Å²) in [5.41, 5.74) is 1.49. The van der Waals surface area contributed by atoms with E-state index in [1.165, 1.54) is 16.7 Å². The van der Waals surface area contributed by atoms with Crippen LogP contribution in [0.1, 0.15) is 29.4 Å². The van der Waals surface area contributed by atoms with Crippen molar-refractivity contribution in [1.29, 1.82) is 0 Å². The molecule has 0 fully saturated rings. The minimum absolute atomic E-state index is 0.00807. The van der Waals surface area contributed by atoms with E-state index in [2.05, 4.69) is 10.3 Å². The molecule has 1 aromatic heterocycles. The number of amides is 1. The number of nitrogens with zero attached hydrogens (tertiary/aromatic N) is 1. The lowest BCUT2D eigenvalue weighted by Gasteiger charge is -2.07. The van der Waals surface area contributed by atoms with Crippen LogP contribution in [0.25, 0.3) is 10.6 Å². The first-order valence-electron chi connectivity index (χ1n) is 7.56. The summed E-state index contributed by atoms with van der Waals surface area (Å²) < 4.78 is 23.3. The number of carboxylic acids is 1. The van der Waals surface area contributed by atoms with Gasteiger partial charge in [0.25, 0.3) is 0 Å². The van der Waals surface area contributed by atoms with Gasteiger partial charge in [0, 0.05) is 17.5 Å². The molecule has 0 bridgehead atoms. The maximum Gasteiger partial charge on any atom is 0.355 e. The Labute approximate surface area is 149 Å². The highest BCUT2D eigenvalue weighted by atomic mass is 32.2. The molecule has 2 N–H and O–H groups in total. The zero-order valence-corrected chi connectivity index (χ0v) is 15.2. The summed E-state index contributed by atoms with van der Waals surface area (Å²) in [6.45, 7) is 1.93. The van der Waals surface area contributed by atoms with Crippen LogP contribution in [0.5, 0.6) is 0 Å². The van der Waals surface area contributed by atoms with Crippen molar-refractivity contribution in [1.82, 2.24) is 10.3 Å². The Kier molecular flexibility index (Phi) is 6.27. The van der Waals surface area contributed by atoms with Crippen molar-refractivity contribution < 1.29 is 23.1 Å². The summed E-state index contributed by atoms with van der Waals surface area (Å²) in [7, 11) is -3.37. The first-order chi connectivity index (χ1) is 11.8. The third-order valence-electron chi connectivity index (χ3n) is 3.25. The van der Waals surface area contributed by atoms with E-state index in [1.807, 2.05) is 0 Å². The molecule has 0 radical (unpaired) electrons. The molecular weight excluding hydrogens is 364 g/mol. The molecule has 9 heteroatoms. The predicted molar refractivity (Wildman–Crippen MR) is 95.3 cm³/mol. The van der Waals surface area contributed by atoms with Gasteiger partial charge in [-0.1, -0.05) is 25.1 Å². The van der Waals surface area contributed by atoms with Crippen molar-refractivity contribution in [2.75, 3.05) is 11.5 Å². The summed E-state index contributed by atoms with van der Waals surface area (Å²) in [6.07, 6.45) is 0.476. The SMILES string of the molecule is CCCS(=O)(=O)CC(=O)NCc1cccc(-c2nc(C(=O)O)cs2)c1. The summed E-state index contributed by atoms with van der Waals surface area (Å²) >= 11 is 1.22. The Morgan fingerprint density at radius 3 is 2.72 bits per heavy atom. The minimum Gasteiger partial charge on any atom is -0.476 e. The predicted octanol–water partition coefficient (Wildman–Crippen LogP) is 1.95. The fourth-order valence-electron chi connectivity index (χ4n) is 2.15. The van der Waals surface area contributed by atoms with Gasteiger partial charge in [-0.25, -0.2) is 18.2 Å². The van der Waals surface area contributed by atoms with Crippen LogP contribution in [-0.2, 0) is 21.2 Å². The second-order valence-electron chi connectivity index (χ2n) is 5.41. The lowest BCUT2D eigenvalue weighted by Crippen LogP contribution is -2.30. The lowest BCUT2D eigenvalue weighted by atomic mass is 10.1. The zero-order chi connectivity index (χ0) is 18.4. The third kappa shape index (κ3) is 5.64. The van der Waals surface area contributed by atoms with Gasteiger partial charge in [-0.15, -0.1) is 11.3 Å². The number of aromatic carboxylic acids is 1. The first-order valence-corrected chi connectivity index (χ1v) is 10.3. The maximum absolute atomic E-state index is 11.8. The van der Waals surface area contributed by atoms with Gasteiger partial charge in [0.05, 0.1) is 5.75 Å². The van der Waals surface area contributed by atoms with Crippen LogP contribution in [0.15, 0.2) is 29.6 Å². The number of rotatable bonds is 8. The average Bonchev–Trinajstić information content (AvgIpc) is 3.03. The van der Waals surface area contributed by atoms with Gasteiger partial charge in [-0.05, 0) is 18.1 Å². The van der Waals surface area contributed by atoms with Crippen molar-refractivity contribution in [3.05, 3.63) is 40.9 Å². The van der Waals surface area contributed by atoms with Gasteiger partial charge in [0.15, 0.2) is 15.5 Å². The highest BCUT2D eigenvalue weighted by Crippen LogP contribution is 2.24. The number of aromatic nitrogens is 1. The maximum atomic E-state index is 11.8. The summed E-state index contributed by atoms with van der Waals surface area (Å²) in [5, 5.41) is 13.5. The highest BCUT2D eigenvalue weighted by molar-refractivity contribution is 7.92. The van der Waals surface area contributed by atoms with E-state index in [0.717, 1.165) is 11.1 Å². The molecule has 1 amide bonds. The Balaban J connectivity index is 2.02. The van der Waals surface area contributed by atoms with Crippen LogP contribution in [0.3, 0.4) is 0 Å². The summed E-state index contributed by atoms with van der Waals surface area (Å²) in [4.78, 5) is 26.7. The largest absolute Gasteiger partial charge is 0.476 e. The fourth-order valence-corrected chi connectivity index (χ4v) is 4.21. The molecule has 2 rings (SSSR count). The molecular formula is C16H18N2O5S2. The van der Waals surface area contributed by atoms with Crippen molar-refractivity contribution in [2.45, 2.75) is 19.9 Å². The molecule has 2 aromatic rings. The van der Waals surface area contributed by atoms with Crippen LogP contribution in [0.2, 0.25) is 0 Å². The molecule has 0 aliphatic rings. The summed E-state index contributed by atoms with van der Waals surface area (Å²) in [5.74, 6) is -2.15. The van der Waals surface area contributed by atoms with Crippen molar-refractivity contribution in [3.63, 3.8) is 0 Å². The van der Waals surface area contributed by atoms with Crippen molar-refractivity contribution >= 4 is 33.1 Å². The number of hydrogen-bond donors (Lipinski definition) is 2. The number of thiazole rings is 1. The number of carbonyl (C=O) groups excluding carboxylic acids is 1. The second kappa shape index (κ2) is 8.21. The molecule has 0 unspecified atom stereocenters.